The van der Waals surface area contributed by atoms with Crippen LogP contribution in [0.5, 0.6) is 0 Å². The number of rotatable bonds is 7. The molecule has 3 aromatic rings. The molecule has 34 heavy (non-hydrogen) atoms. The molecule has 0 saturated carbocycles. The fourth-order valence-corrected chi connectivity index (χ4v) is 4.42. The second-order valence-corrected chi connectivity index (χ2v) is 8.96. The van der Waals surface area contributed by atoms with Gasteiger partial charge >= 0.3 is 0 Å². The summed E-state index contributed by atoms with van der Waals surface area (Å²) in [5, 5.41) is 8.01. The van der Waals surface area contributed by atoms with Crippen LogP contribution in [0.1, 0.15) is 54.2 Å². The Morgan fingerprint density at radius 3 is 2.29 bits per heavy atom. The number of hydrogen-bond acceptors (Lipinski definition) is 6. The molecule has 1 atom stereocenters. The molecule has 2 N–H and O–H groups in total. The highest BCUT2D eigenvalue weighted by Crippen LogP contribution is 2.26. The second kappa shape index (κ2) is 9.96. The molecular formula is C25H24N4O4S. The van der Waals surface area contributed by atoms with Crippen LogP contribution in [0.2, 0.25) is 0 Å². The van der Waals surface area contributed by atoms with Crippen LogP contribution in [0.25, 0.3) is 11.3 Å². The quantitative estimate of drug-likeness (QED) is 0.503. The summed E-state index contributed by atoms with van der Waals surface area (Å²) in [7, 11) is 0. The summed E-state index contributed by atoms with van der Waals surface area (Å²) in [6.07, 6.45) is 0.519. The van der Waals surface area contributed by atoms with Crippen molar-refractivity contribution < 1.29 is 19.2 Å². The monoisotopic (exact) mass is 476 g/mol. The van der Waals surface area contributed by atoms with E-state index in [0.717, 1.165) is 22.4 Å². The molecule has 1 fully saturated rings. The van der Waals surface area contributed by atoms with Gasteiger partial charge in [0.2, 0.25) is 17.7 Å². The van der Waals surface area contributed by atoms with Crippen molar-refractivity contribution in [3.63, 3.8) is 0 Å². The van der Waals surface area contributed by atoms with Gasteiger partial charge in [0.05, 0.1) is 18.3 Å². The first-order valence-electron chi connectivity index (χ1n) is 10.9. The molecule has 0 radical (unpaired) electrons. The number of thiazole rings is 1. The van der Waals surface area contributed by atoms with Gasteiger partial charge in [-0.1, -0.05) is 36.4 Å². The number of carbonyl (C=O) groups excluding carboxylic acids is 4. The number of benzene rings is 2. The average Bonchev–Trinajstić information content (AvgIpc) is 3.41. The minimum Gasteiger partial charge on any atom is -0.350 e. The van der Waals surface area contributed by atoms with Crippen LogP contribution < -0.4 is 10.6 Å². The largest absolute Gasteiger partial charge is 0.350 e. The summed E-state index contributed by atoms with van der Waals surface area (Å²) in [6, 6.07) is 14.5. The number of likely N-dealkylation sites (tertiary alicyclic amines) is 1. The molecule has 2 aromatic carbocycles. The molecule has 0 spiro atoms. The number of anilines is 1. The summed E-state index contributed by atoms with van der Waals surface area (Å²) in [5.41, 5.74) is 3.88. The fraction of sp³-hybridized carbons (Fsp3) is 0.240. The SMILES string of the molecule is CC(=O)NC(C)c1ccc(-c2csc(NC(=O)c3ccc(CN4C(=O)CCC4=O)cc3)n2)cc1. The number of hydrogen-bond donors (Lipinski definition) is 2. The van der Waals surface area contributed by atoms with Gasteiger partial charge in [-0.2, -0.15) is 0 Å². The predicted octanol–water partition coefficient (Wildman–Crippen LogP) is 3.91. The maximum Gasteiger partial charge on any atom is 0.257 e. The number of aromatic nitrogens is 1. The number of imide groups is 1. The van der Waals surface area contributed by atoms with Crippen molar-refractivity contribution in [1.82, 2.24) is 15.2 Å². The fourth-order valence-electron chi connectivity index (χ4n) is 3.71. The summed E-state index contributed by atoms with van der Waals surface area (Å²) in [5.74, 6) is -0.699. The van der Waals surface area contributed by atoms with E-state index >= 15 is 0 Å². The first-order valence-corrected chi connectivity index (χ1v) is 11.7. The first kappa shape index (κ1) is 23.3. The zero-order valence-corrected chi connectivity index (χ0v) is 19.6. The molecule has 9 heteroatoms. The molecule has 1 aliphatic heterocycles. The number of nitrogens with one attached hydrogen (secondary N) is 2. The zero-order valence-electron chi connectivity index (χ0n) is 18.8. The van der Waals surface area contributed by atoms with Crippen LogP contribution in [-0.4, -0.2) is 33.5 Å². The number of amides is 4. The van der Waals surface area contributed by atoms with Crippen molar-refractivity contribution in [2.24, 2.45) is 0 Å². The van der Waals surface area contributed by atoms with Crippen LogP contribution in [0.4, 0.5) is 5.13 Å². The molecule has 174 valence electrons. The first-order chi connectivity index (χ1) is 16.3. The van der Waals surface area contributed by atoms with Gasteiger partial charge < -0.3 is 5.32 Å². The van der Waals surface area contributed by atoms with E-state index in [2.05, 4.69) is 15.6 Å². The Labute approximate surface area is 201 Å². The molecule has 8 nitrogen and oxygen atoms in total. The molecule has 2 heterocycles. The van der Waals surface area contributed by atoms with Gasteiger partial charge in [0.1, 0.15) is 0 Å². The van der Waals surface area contributed by atoms with E-state index in [1.165, 1.54) is 23.2 Å². The molecule has 1 aliphatic rings. The number of carbonyl (C=O) groups is 4. The summed E-state index contributed by atoms with van der Waals surface area (Å²) in [6.45, 7) is 3.63. The van der Waals surface area contributed by atoms with Crippen molar-refractivity contribution in [3.8, 4) is 11.3 Å². The van der Waals surface area contributed by atoms with Gasteiger partial charge in [-0.05, 0) is 30.2 Å². The Kier molecular flexibility index (Phi) is 6.83. The molecule has 1 unspecified atom stereocenters. The van der Waals surface area contributed by atoms with Crippen molar-refractivity contribution in [3.05, 3.63) is 70.6 Å². The van der Waals surface area contributed by atoms with Crippen molar-refractivity contribution >= 4 is 40.1 Å². The maximum atomic E-state index is 12.6. The minimum absolute atomic E-state index is 0.0807. The topological polar surface area (TPSA) is 108 Å². The van der Waals surface area contributed by atoms with Crippen molar-refractivity contribution in [1.29, 1.82) is 0 Å². The third-order valence-corrected chi connectivity index (χ3v) is 6.32. The Morgan fingerprint density at radius 2 is 1.68 bits per heavy atom. The molecule has 0 bridgehead atoms. The van der Waals surface area contributed by atoms with Crippen LogP contribution in [0, 0.1) is 0 Å². The summed E-state index contributed by atoms with van der Waals surface area (Å²) < 4.78 is 0. The standard InChI is InChI=1S/C25H24N4O4S/c1-15(26-16(2)30)18-7-9-19(10-8-18)21-14-34-25(27-21)28-24(33)20-5-3-17(4-6-20)13-29-22(31)11-12-23(29)32/h3-10,14-15H,11-13H2,1-2H3,(H,26,30)(H,27,28,33). The molecule has 4 amide bonds. The lowest BCUT2D eigenvalue weighted by atomic mass is 10.1. The molecular weight excluding hydrogens is 452 g/mol. The van der Waals surface area contributed by atoms with Gasteiger partial charge in [0, 0.05) is 36.3 Å². The molecule has 1 saturated heterocycles. The van der Waals surface area contributed by atoms with Gasteiger partial charge in [0.15, 0.2) is 5.13 Å². The van der Waals surface area contributed by atoms with E-state index in [1.54, 1.807) is 24.3 Å². The van der Waals surface area contributed by atoms with Crippen LogP contribution in [0.15, 0.2) is 53.9 Å². The Bertz CT molecular complexity index is 1220. The van der Waals surface area contributed by atoms with Gasteiger partial charge in [-0.15, -0.1) is 11.3 Å². The van der Waals surface area contributed by atoms with E-state index in [0.29, 0.717) is 10.7 Å². The maximum absolute atomic E-state index is 12.6. The second-order valence-electron chi connectivity index (χ2n) is 8.11. The highest BCUT2D eigenvalue weighted by Gasteiger charge is 2.28. The third-order valence-electron chi connectivity index (χ3n) is 5.56. The van der Waals surface area contributed by atoms with Crippen LogP contribution in [0.3, 0.4) is 0 Å². The van der Waals surface area contributed by atoms with Gasteiger partial charge in [-0.3, -0.25) is 29.4 Å². The zero-order chi connectivity index (χ0) is 24.2. The van der Waals surface area contributed by atoms with E-state index in [4.69, 9.17) is 0 Å². The Morgan fingerprint density at radius 1 is 1.03 bits per heavy atom. The predicted molar refractivity (Wildman–Crippen MR) is 129 cm³/mol. The number of nitrogens with zero attached hydrogens (tertiary/aromatic N) is 2. The summed E-state index contributed by atoms with van der Waals surface area (Å²) in [4.78, 5) is 53.2. The Balaban J connectivity index is 1.37. The third kappa shape index (κ3) is 5.37. The lowest BCUT2D eigenvalue weighted by molar-refractivity contribution is -0.139. The van der Waals surface area contributed by atoms with E-state index in [1.807, 2.05) is 36.6 Å². The normalized spacial score (nSPS) is 14.2. The lowest BCUT2D eigenvalue weighted by Gasteiger charge is -2.13. The molecule has 4 rings (SSSR count). The van der Waals surface area contributed by atoms with Gasteiger partial charge in [0.25, 0.3) is 5.91 Å². The lowest BCUT2D eigenvalue weighted by Crippen LogP contribution is -2.28. The van der Waals surface area contributed by atoms with Crippen molar-refractivity contribution in [2.45, 2.75) is 39.3 Å². The highest BCUT2D eigenvalue weighted by atomic mass is 32.1. The Hall–Kier alpha value is -3.85. The minimum atomic E-state index is -0.291. The van der Waals surface area contributed by atoms with Crippen LogP contribution >= 0.6 is 11.3 Å². The smallest absolute Gasteiger partial charge is 0.257 e. The highest BCUT2D eigenvalue weighted by molar-refractivity contribution is 7.14. The van der Waals surface area contributed by atoms with E-state index in [9.17, 15) is 19.2 Å². The van der Waals surface area contributed by atoms with Crippen molar-refractivity contribution in [2.75, 3.05) is 5.32 Å². The van der Waals surface area contributed by atoms with Gasteiger partial charge in [-0.25, -0.2) is 4.98 Å². The van der Waals surface area contributed by atoms with E-state index < -0.39 is 0 Å². The van der Waals surface area contributed by atoms with E-state index in [-0.39, 0.29) is 49.1 Å². The molecule has 1 aromatic heterocycles. The van der Waals surface area contributed by atoms with Crippen LogP contribution in [-0.2, 0) is 20.9 Å². The summed E-state index contributed by atoms with van der Waals surface area (Å²) >= 11 is 1.33. The molecule has 0 aliphatic carbocycles. The average molecular weight is 477 g/mol.